The van der Waals surface area contributed by atoms with Gasteiger partial charge in [0.1, 0.15) is 0 Å². The Morgan fingerprint density at radius 2 is 1.71 bits per heavy atom. The fraction of sp³-hybridized carbons (Fsp3) is 0.333. The number of hydrogen-bond acceptors (Lipinski definition) is 4. The van der Waals surface area contributed by atoms with Crippen LogP contribution in [0.15, 0.2) is 57.7 Å². The molecule has 0 unspecified atom stereocenters. The molecule has 0 bridgehead atoms. The highest BCUT2D eigenvalue weighted by Gasteiger charge is 2.22. The molecule has 3 aromatic rings. The first kappa shape index (κ1) is 18.6. The standard InChI is InChI=1S/C21H22ClN3O3/c22-16-6-1-2-7-17(16)23-12-14-24(15-13-23)20(26)10-5-11-25-18-8-3-4-9-19(18)28-21(25)27/h1-4,6-9H,5,10-15H2. The van der Waals surface area contributed by atoms with E-state index in [0.717, 1.165) is 29.3 Å². The summed E-state index contributed by atoms with van der Waals surface area (Å²) in [6.07, 6.45) is 1.02. The number of nitrogens with zero attached hydrogens (tertiary/aromatic N) is 3. The van der Waals surface area contributed by atoms with Crippen LogP contribution in [0.25, 0.3) is 11.1 Å². The van der Waals surface area contributed by atoms with Crippen molar-refractivity contribution in [2.45, 2.75) is 19.4 Å². The molecule has 6 nitrogen and oxygen atoms in total. The number of aromatic nitrogens is 1. The van der Waals surface area contributed by atoms with E-state index in [1.165, 1.54) is 0 Å². The van der Waals surface area contributed by atoms with Crippen molar-refractivity contribution < 1.29 is 9.21 Å². The van der Waals surface area contributed by atoms with Crippen LogP contribution >= 0.6 is 11.6 Å². The summed E-state index contributed by atoms with van der Waals surface area (Å²) in [5.41, 5.74) is 2.37. The van der Waals surface area contributed by atoms with E-state index in [1.807, 2.05) is 47.4 Å². The number of piperazine rings is 1. The van der Waals surface area contributed by atoms with Crippen molar-refractivity contribution in [1.29, 1.82) is 0 Å². The first-order valence-electron chi connectivity index (χ1n) is 9.49. The molecule has 0 N–H and O–H groups in total. The van der Waals surface area contributed by atoms with Crippen LogP contribution < -0.4 is 10.7 Å². The molecular formula is C21H22ClN3O3. The van der Waals surface area contributed by atoms with Gasteiger partial charge in [-0.25, -0.2) is 4.79 Å². The number of anilines is 1. The molecule has 0 aliphatic carbocycles. The highest BCUT2D eigenvalue weighted by Crippen LogP contribution is 2.26. The van der Waals surface area contributed by atoms with Crippen molar-refractivity contribution in [2.24, 2.45) is 0 Å². The number of oxazole rings is 1. The van der Waals surface area contributed by atoms with E-state index in [1.54, 1.807) is 10.6 Å². The number of aryl methyl sites for hydroxylation is 1. The number of para-hydroxylation sites is 3. The number of carbonyl (C=O) groups is 1. The minimum Gasteiger partial charge on any atom is -0.408 e. The molecule has 1 aliphatic rings. The van der Waals surface area contributed by atoms with Gasteiger partial charge < -0.3 is 14.2 Å². The lowest BCUT2D eigenvalue weighted by atomic mass is 10.2. The number of amides is 1. The largest absolute Gasteiger partial charge is 0.419 e. The minimum atomic E-state index is -0.373. The lowest BCUT2D eigenvalue weighted by Gasteiger charge is -2.36. The zero-order valence-electron chi connectivity index (χ0n) is 15.5. The van der Waals surface area contributed by atoms with Crippen molar-refractivity contribution in [3.05, 3.63) is 64.1 Å². The van der Waals surface area contributed by atoms with Crippen LogP contribution in [0.4, 0.5) is 5.69 Å². The van der Waals surface area contributed by atoms with Crippen LogP contribution in [0.5, 0.6) is 0 Å². The SMILES string of the molecule is O=C(CCCn1c(=O)oc2ccccc21)N1CCN(c2ccccc2Cl)CC1. The lowest BCUT2D eigenvalue weighted by Crippen LogP contribution is -2.48. The van der Waals surface area contributed by atoms with E-state index >= 15 is 0 Å². The molecule has 2 heterocycles. The maximum absolute atomic E-state index is 12.6. The monoisotopic (exact) mass is 399 g/mol. The minimum absolute atomic E-state index is 0.125. The van der Waals surface area contributed by atoms with Gasteiger partial charge >= 0.3 is 5.76 Å². The van der Waals surface area contributed by atoms with Crippen molar-refractivity contribution >= 4 is 34.3 Å². The Bertz CT molecular complexity index is 1030. The number of benzene rings is 2. The van der Waals surface area contributed by atoms with Gasteiger partial charge in [-0.1, -0.05) is 35.9 Å². The van der Waals surface area contributed by atoms with Gasteiger partial charge in [-0.05, 0) is 30.7 Å². The fourth-order valence-corrected chi connectivity index (χ4v) is 3.93. The smallest absolute Gasteiger partial charge is 0.408 e. The molecule has 4 rings (SSSR count). The number of hydrogen-bond donors (Lipinski definition) is 0. The van der Waals surface area contributed by atoms with Crippen molar-refractivity contribution in [2.75, 3.05) is 31.1 Å². The van der Waals surface area contributed by atoms with Crippen LogP contribution in [0.2, 0.25) is 5.02 Å². The molecular weight excluding hydrogens is 378 g/mol. The summed E-state index contributed by atoms with van der Waals surface area (Å²) in [7, 11) is 0. The average Bonchev–Trinajstić information content (AvgIpc) is 3.04. The molecule has 2 aromatic carbocycles. The second-order valence-corrected chi connectivity index (χ2v) is 7.32. The van der Waals surface area contributed by atoms with Gasteiger partial charge in [-0.2, -0.15) is 0 Å². The summed E-state index contributed by atoms with van der Waals surface area (Å²) in [6.45, 7) is 3.36. The first-order chi connectivity index (χ1) is 13.6. The van der Waals surface area contributed by atoms with Crippen molar-refractivity contribution in [3.8, 4) is 0 Å². The Hall–Kier alpha value is -2.73. The molecule has 0 saturated carbocycles. The van der Waals surface area contributed by atoms with E-state index in [9.17, 15) is 9.59 Å². The van der Waals surface area contributed by atoms with Crippen molar-refractivity contribution in [3.63, 3.8) is 0 Å². The molecule has 0 radical (unpaired) electrons. The number of carbonyl (C=O) groups excluding carboxylic acids is 1. The van der Waals surface area contributed by atoms with E-state index in [0.29, 0.717) is 38.1 Å². The van der Waals surface area contributed by atoms with Gasteiger partial charge in [0.25, 0.3) is 0 Å². The van der Waals surface area contributed by atoms with E-state index in [-0.39, 0.29) is 11.7 Å². The Morgan fingerprint density at radius 3 is 2.50 bits per heavy atom. The zero-order chi connectivity index (χ0) is 19.5. The number of fused-ring (bicyclic) bond motifs is 1. The Balaban J connectivity index is 1.30. The first-order valence-corrected chi connectivity index (χ1v) is 9.87. The van der Waals surface area contributed by atoms with Gasteiger partial charge in [0.2, 0.25) is 5.91 Å². The third-order valence-corrected chi connectivity index (χ3v) is 5.49. The Morgan fingerprint density at radius 1 is 1.00 bits per heavy atom. The summed E-state index contributed by atoms with van der Waals surface area (Å²) in [4.78, 5) is 28.7. The Kier molecular flexibility index (Phi) is 5.39. The van der Waals surface area contributed by atoms with E-state index in [2.05, 4.69) is 4.90 Å². The van der Waals surface area contributed by atoms with E-state index < -0.39 is 0 Å². The van der Waals surface area contributed by atoms with Gasteiger partial charge in [0.05, 0.1) is 16.2 Å². The second-order valence-electron chi connectivity index (χ2n) is 6.91. The third kappa shape index (κ3) is 3.78. The lowest BCUT2D eigenvalue weighted by molar-refractivity contribution is -0.131. The summed E-state index contributed by atoms with van der Waals surface area (Å²) >= 11 is 6.27. The average molecular weight is 400 g/mol. The highest BCUT2D eigenvalue weighted by atomic mass is 35.5. The third-order valence-electron chi connectivity index (χ3n) is 5.17. The molecule has 1 saturated heterocycles. The van der Waals surface area contributed by atoms with Crippen LogP contribution in [-0.2, 0) is 11.3 Å². The maximum atomic E-state index is 12.6. The van der Waals surface area contributed by atoms with Gasteiger partial charge in [0, 0.05) is 39.1 Å². The molecule has 0 spiro atoms. The quantitative estimate of drug-likeness (QED) is 0.660. The molecule has 7 heteroatoms. The summed E-state index contributed by atoms with van der Waals surface area (Å²) in [5, 5.41) is 0.736. The normalized spacial score (nSPS) is 14.6. The summed E-state index contributed by atoms with van der Waals surface area (Å²) in [6, 6.07) is 15.1. The summed E-state index contributed by atoms with van der Waals surface area (Å²) < 4.78 is 6.83. The topological polar surface area (TPSA) is 58.7 Å². The van der Waals surface area contributed by atoms with Crippen LogP contribution in [-0.4, -0.2) is 41.6 Å². The van der Waals surface area contributed by atoms with Crippen molar-refractivity contribution in [1.82, 2.24) is 9.47 Å². The second kappa shape index (κ2) is 8.10. The molecule has 146 valence electrons. The van der Waals surface area contributed by atoms with Crippen LogP contribution in [0.3, 0.4) is 0 Å². The fourth-order valence-electron chi connectivity index (χ4n) is 3.68. The molecule has 1 fully saturated rings. The molecule has 0 atom stereocenters. The molecule has 28 heavy (non-hydrogen) atoms. The number of rotatable bonds is 5. The van der Waals surface area contributed by atoms with Crippen LogP contribution in [0, 0.1) is 0 Å². The highest BCUT2D eigenvalue weighted by molar-refractivity contribution is 6.33. The van der Waals surface area contributed by atoms with Gasteiger partial charge in [-0.15, -0.1) is 0 Å². The molecule has 1 aromatic heterocycles. The van der Waals surface area contributed by atoms with Crippen LogP contribution in [0.1, 0.15) is 12.8 Å². The van der Waals surface area contributed by atoms with Gasteiger partial charge in [0.15, 0.2) is 5.58 Å². The van der Waals surface area contributed by atoms with E-state index in [4.69, 9.17) is 16.0 Å². The summed E-state index contributed by atoms with van der Waals surface area (Å²) in [5.74, 6) is -0.248. The zero-order valence-corrected chi connectivity index (χ0v) is 16.3. The molecule has 1 aliphatic heterocycles. The Labute approximate surface area is 167 Å². The predicted molar refractivity (Wildman–Crippen MR) is 110 cm³/mol. The molecule has 1 amide bonds. The number of halogens is 1. The van der Waals surface area contributed by atoms with Gasteiger partial charge in [-0.3, -0.25) is 9.36 Å². The maximum Gasteiger partial charge on any atom is 0.419 e. The predicted octanol–water partition coefficient (Wildman–Crippen LogP) is 3.38.